The van der Waals surface area contributed by atoms with Gasteiger partial charge in [-0.05, 0) is 119 Å². The Balaban J connectivity index is 1.04. The van der Waals surface area contributed by atoms with E-state index >= 15 is 0 Å². The van der Waals surface area contributed by atoms with Gasteiger partial charge in [-0.3, -0.25) is 0 Å². The molecule has 0 aliphatic carbocycles. The number of benzene rings is 9. The molecule has 1 heterocycles. The van der Waals surface area contributed by atoms with Crippen molar-refractivity contribution in [3.63, 3.8) is 0 Å². The summed E-state index contributed by atoms with van der Waals surface area (Å²) in [6.07, 6.45) is 0. The first-order valence-electron chi connectivity index (χ1n) is 17.4. The highest BCUT2D eigenvalue weighted by molar-refractivity contribution is 6.96. The van der Waals surface area contributed by atoms with Gasteiger partial charge in [0.15, 0.2) is 0 Å². The van der Waals surface area contributed by atoms with Gasteiger partial charge in [0.25, 0.3) is 6.71 Å². The Hall–Kier alpha value is -6.58. The van der Waals surface area contributed by atoms with Crippen molar-refractivity contribution in [3.8, 4) is 50.6 Å². The zero-order chi connectivity index (χ0) is 33.9. The lowest BCUT2D eigenvalue weighted by Gasteiger charge is -2.27. The maximum atomic E-state index is 11.0. The molecular formula is C48H31BO2. The minimum absolute atomic E-state index is 0.0782. The SMILES string of the molecule is Oc1cc(-c2cccc(-c3ccc4c5ccccc5c5ccccc5c4c3)c2)cc(-c2ccc3c(c2)Oc2ccccc2B3c2ccccc2)c1. The Morgan fingerprint density at radius 1 is 0.333 bits per heavy atom. The lowest BCUT2D eigenvalue weighted by Crippen LogP contribution is -2.54. The van der Waals surface area contributed by atoms with Crippen LogP contribution in [-0.2, 0) is 0 Å². The molecule has 51 heavy (non-hydrogen) atoms. The highest BCUT2D eigenvalue weighted by Crippen LogP contribution is 2.39. The lowest BCUT2D eigenvalue weighted by atomic mass is 9.36. The molecule has 0 saturated carbocycles. The number of aromatic hydroxyl groups is 1. The topological polar surface area (TPSA) is 29.5 Å². The zero-order valence-electron chi connectivity index (χ0n) is 27.8. The van der Waals surface area contributed by atoms with E-state index in [2.05, 4.69) is 158 Å². The quantitative estimate of drug-likeness (QED) is 0.152. The highest BCUT2D eigenvalue weighted by Gasteiger charge is 2.32. The van der Waals surface area contributed by atoms with E-state index < -0.39 is 0 Å². The van der Waals surface area contributed by atoms with Crippen molar-refractivity contribution in [1.29, 1.82) is 0 Å². The second-order valence-electron chi connectivity index (χ2n) is 13.4. The van der Waals surface area contributed by atoms with E-state index in [0.29, 0.717) is 0 Å². The molecule has 0 radical (unpaired) electrons. The summed E-state index contributed by atoms with van der Waals surface area (Å²) in [5, 5.41) is 18.6. The van der Waals surface area contributed by atoms with Crippen LogP contribution < -0.4 is 21.1 Å². The van der Waals surface area contributed by atoms with Crippen molar-refractivity contribution in [2.24, 2.45) is 0 Å². The first kappa shape index (κ1) is 29.4. The van der Waals surface area contributed by atoms with Gasteiger partial charge in [-0.25, -0.2) is 0 Å². The molecule has 9 aromatic rings. The van der Waals surface area contributed by atoms with Crippen molar-refractivity contribution in [1.82, 2.24) is 0 Å². The number of hydrogen-bond acceptors (Lipinski definition) is 2. The van der Waals surface area contributed by atoms with Gasteiger partial charge in [0.1, 0.15) is 17.2 Å². The summed E-state index contributed by atoms with van der Waals surface area (Å²) < 4.78 is 6.52. The van der Waals surface area contributed by atoms with Gasteiger partial charge in [0, 0.05) is 0 Å². The molecule has 0 amide bonds. The molecule has 0 atom stereocenters. The minimum atomic E-state index is 0.0782. The molecule has 0 bridgehead atoms. The Labute approximate surface area is 296 Å². The molecule has 0 saturated heterocycles. The fourth-order valence-corrected chi connectivity index (χ4v) is 8.05. The molecule has 9 aromatic carbocycles. The van der Waals surface area contributed by atoms with Crippen LogP contribution in [0.2, 0.25) is 0 Å². The van der Waals surface area contributed by atoms with Crippen LogP contribution in [0, 0.1) is 0 Å². The third kappa shape index (κ3) is 4.97. The summed E-state index contributed by atoms with van der Waals surface area (Å²) >= 11 is 0. The summed E-state index contributed by atoms with van der Waals surface area (Å²) in [5.41, 5.74) is 9.73. The summed E-state index contributed by atoms with van der Waals surface area (Å²) in [6.45, 7) is 0.0782. The monoisotopic (exact) mass is 650 g/mol. The predicted molar refractivity (Wildman–Crippen MR) is 215 cm³/mol. The van der Waals surface area contributed by atoms with E-state index in [1.807, 2.05) is 24.3 Å². The summed E-state index contributed by atoms with van der Waals surface area (Å²) in [7, 11) is 0. The Morgan fingerprint density at radius 3 is 1.57 bits per heavy atom. The van der Waals surface area contributed by atoms with Gasteiger partial charge >= 0.3 is 0 Å². The van der Waals surface area contributed by atoms with Crippen molar-refractivity contribution >= 4 is 55.4 Å². The Kier molecular flexibility index (Phi) is 6.78. The summed E-state index contributed by atoms with van der Waals surface area (Å²) in [6, 6.07) is 63.9. The van der Waals surface area contributed by atoms with Crippen LogP contribution in [0.4, 0.5) is 0 Å². The molecule has 2 nitrogen and oxygen atoms in total. The van der Waals surface area contributed by atoms with E-state index in [4.69, 9.17) is 4.74 Å². The van der Waals surface area contributed by atoms with E-state index in [-0.39, 0.29) is 12.5 Å². The number of hydrogen-bond donors (Lipinski definition) is 1. The Bertz CT molecular complexity index is 2770. The van der Waals surface area contributed by atoms with Crippen LogP contribution in [0.25, 0.3) is 65.7 Å². The fraction of sp³-hybridized carbons (Fsp3) is 0. The molecule has 0 spiro atoms. The minimum Gasteiger partial charge on any atom is -0.508 e. The standard InChI is InChI=1S/C48H31BO2/c50-38-27-35(26-36(28-38)34-22-24-46-48(30-34)51-47-20-9-8-19-45(47)49(46)37-13-2-1-3-14-37)32-12-10-11-31(25-32)33-21-23-43-41-17-5-4-15-39(41)40-16-6-7-18-42(40)44(43)29-33/h1-30,50H. The molecule has 3 heteroatoms. The third-order valence-corrected chi connectivity index (χ3v) is 10.4. The first-order chi connectivity index (χ1) is 25.2. The fourth-order valence-electron chi connectivity index (χ4n) is 8.05. The van der Waals surface area contributed by atoms with E-state index in [9.17, 15) is 5.11 Å². The van der Waals surface area contributed by atoms with Crippen molar-refractivity contribution in [3.05, 3.63) is 182 Å². The number of rotatable bonds is 4. The number of phenols is 1. The number of fused-ring (bicyclic) bond motifs is 8. The lowest BCUT2D eigenvalue weighted by molar-refractivity contribution is 0.475. The van der Waals surface area contributed by atoms with Crippen LogP contribution in [0.5, 0.6) is 17.2 Å². The molecule has 0 fully saturated rings. The van der Waals surface area contributed by atoms with Crippen LogP contribution >= 0.6 is 0 Å². The average molecular weight is 651 g/mol. The smallest absolute Gasteiger partial charge is 0.250 e. The van der Waals surface area contributed by atoms with Crippen LogP contribution in [-0.4, -0.2) is 11.8 Å². The molecule has 1 aliphatic rings. The maximum absolute atomic E-state index is 11.0. The van der Waals surface area contributed by atoms with Gasteiger partial charge < -0.3 is 9.84 Å². The van der Waals surface area contributed by atoms with E-state index in [1.54, 1.807) is 0 Å². The Morgan fingerprint density at radius 2 is 0.843 bits per heavy atom. The predicted octanol–water partition coefficient (Wildman–Crippen LogP) is 10.5. The zero-order valence-corrected chi connectivity index (χ0v) is 27.8. The van der Waals surface area contributed by atoms with Crippen LogP contribution in [0.3, 0.4) is 0 Å². The van der Waals surface area contributed by atoms with E-state index in [1.165, 1.54) is 37.8 Å². The van der Waals surface area contributed by atoms with Gasteiger partial charge in [0.05, 0.1) is 0 Å². The van der Waals surface area contributed by atoms with Gasteiger partial charge in [0.2, 0.25) is 0 Å². The highest BCUT2D eigenvalue weighted by atomic mass is 16.5. The van der Waals surface area contributed by atoms with Gasteiger partial charge in [-0.2, -0.15) is 0 Å². The van der Waals surface area contributed by atoms with Crippen LogP contribution in [0.15, 0.2) is 182 Å². The first-order valence-corrected chi connectivity index (χ1v) is 17.4. The number of ether oxygens (including phenoxy) is 1. The number of para-hydroxylation sites is 1. The normalized spacial score (nSPS) is 12.1. The summed E-state index contributed by atoms with van der Waals surface area (Å²) in [5.74, 6) is 1.94. The molecular weight excluding hydrogens is 619 g/mol. The van der Waals surface area contributed by atoms with Gasteiger partial charge in [-0.15, -0.1) is 0 Å². The molecule has 1 N–H and O–H groups in total. The van der Waals surface area contributed by atoms with Crippen molar-refractivity contribution < 1.29 is 9.84 Å². The molecule has 1 aliphatic heterocycles. The van der Waals surface area contributed by atoms with Crippen molar-refractivity contribution in [2.75, 3.05) is 0 Å². The third-order valence-electron chi connectivity index (χ3n) is 10.4. The molecule has 0 aromatic heterocycles. The summed E-state index contributed by atoms with van der Waals surface area (Å²) in [4.78, 5) is 0. The van der Waals surface area contributed by atoms with Crippen molar-refractivity contribution in [2.45, 2.75) is 0 Å². The number of phenolic OH excluding ortho intramolecular Hbond substituents is 1. The molecule has 10 rings (SSSR count). The second-order valence-corrected chi connectivity index (χ2v) is 13.4. The average Bonchev–Trinajstić information content (AvgIpc) is 3.20. The molecule has 0 unspecified atom stereocenters. The second kappa shape index (κ2) is 11.8. The molecule has 238 valence electrons. The largest absolute Gasteiger partial charge is 0.508 e. The van der Waals surface area contributed by atoms with Crippen LogP contribution in [0.1, 0.15) is 0 Å². The van der Waals surface area contributed by atoms with Gasteiger partial charge in [-0.1, -0.05) is 145 Å². The maximum Gasteiger partial charge on any atom is 0.250 e. The van der Waals surface area contributed by atoms with E-state index in [0.717, 1.165) is 55.8 Å².